The average Bonchev–Trinajstić information content (AvgIpc) is 2.37. The van der Waals surface area contributed by atoms with E-state index in [0.717, 1.165) is 19.3 Å². The fraction of sp³-hybridized carbons (Fsp3) is 0.500. The normalized spacial score (nSPS) is 16.2. The van der Waals surface area contributed by atoms with Gasteiger partial charge < -0.3 is 10.4 Å². The Labute approximate surface area is 117 Å². The molecule has 2 N–H and O–H groups in total. The minimum atomic E-state index is -1.08. The first-order valence-electron chi connectivity index (χ1n) is 6.73. The highest BCUT2D eigenvalue weighted by Gasteiger charge is 2.35. The summed E-state index contributed by atoms with van der Waals surface area (Å²) in [5.74, 6) is -1.08. The van der Waals surface area contributed by atoms with Crippen molar-refractivity contribution in [2.75, 3.05) is 11.9 Å². The highest BCUT2D eigenvalue weighted by Crippen LogP contribution is 2.43. The van der Waals surface area contributed by atoms with Crippen molar-refractivity contribution < 1.29 is 14.8 Å². The second-order valence-corrected chi connectivity index (χ2v) is 5.35. The zero-order chi connectivity index (χ0) is 14.8. The molecule has 0 aliphatic heterocycles. The van der Waals surface area contributed by atoms with E-state index in [-0.39, 0.29) is 16.7 Å². The number of carbonyl (C=O) groups is 1. The lowest BCUT2D eigenvalue weighted by atomic mass is 9.67. The summed E-state index contributed by atoms with van der Waals surface area (Å²) >= 11 is 0. The van der Waals surface area contributed by atoms with Crippen molar-refractivity contribution in [2.24, 2.45) is 5.41 Å². The number of anilines is 1. The van der Waals surface area contributed by atoms with Crippen LogP contribution in [0, 0.1) is 15.5 Å². The first-order chi connectivity index (χ1) is 9.47. The van der Waals surface area contributed by atoms with E-state index in [4.69, 9.17) is 5.11 Å². The number of benzene rings is 1. The smallest absolute Gasteiger partial charge is 0.337 e. The number of aromatic carboxylic acids is 1. The molecule has 0 radical (unpaired) electrons. The van der Waals surface area contributed by atoms with E-state index < -0.39 is 10.9 Å². The minimum Gasteiger partial charge on any atom is -0.478 e. The van der Waals surface area contributed by atoms with Crippen molar-refractivity contribution in [3.8, 4) is 0 Å². The van der Waals surface area contributed by atoms with Gasteiger partial charge in [0.2, 0.25) is 0 Å². The van der Waals surface area contributed by atoms with E-state index in [9.17, 15) is 14.9 Å². The maximum atomic E-state index is 11.2. The van der Waals surface area contributed by atoms with E-state index in [1.807, 2.05) is 0 Å². The van der Waals surface area contributed by atoms with Gasteiger partial charge in [-0.3, -0.25) is 10.1 Å². The molecule has 1 saturated carbocycles. The van der Waals surface area contributed by atoms with Crippen LogP contribution in [0.4, 0.5) is 11.4 Å². The number of hydrogen-bond acceptors (Lipinski definition) is 4. The van der Waals surface area contributed by atoms with Gasteiger partial charge in [-0.2, -0.15) is 0 Å². The summed E-state index contributed by atoms with van der Waals surface area (Å²) in [4.78, 5) is 21.4. The van der Waals surface area contributed by atoms with Crippen molar-refractivity contribution in [3.63, 3.8) is 0 Å². The van der Waals surface area contributed by atoms with Crippen LogP contribution in [0.2, 0.25) is 0 Å². The lowest BCUT2D eigenvalue weighted by Gasteiger charge is -2.41. The van der Waals surface area contributed by atoms with Crippen LogP contribution in [0.3, 0.4) is 0 Å². The zero-order valence-corrected chi connectivity index (χ0v) is 11.4. The van der Waals surface area contributed by atoms with E-state index in [2.05, 4.69) is 12.2 Å². The molecule has 0 amide bonds. The Morgan fingerprint density at radius 1 is 1.50 bits per heavy atom. The third-order valence-electron chi connectivity index (χ3n) is 4.26. The molecule has 20 heavy (non-hydrogen) atoms. The fourth-order valence-electron chi connectivity index (χ4n) is 2.59. The van der Waals surface area contributed by atoms with Gasteiger partial charge >= 0.3 is 5.97 Å². The Kier molecular flexibility index (Phi) is 3.92. The van der Waals surface area contributed by atoms with Crippen LogP contribution >= 0.6 is 0 Å². The molecule has 0 unspecified atom stereocenters. The molecule has 1 aliphatic rings. The summed E-state index contributed by atoms with van der Waals surface area (Å²) in [6, 6.07) is 3.79. The molecular weight excluding hydrogens is 260 g/mol. The first-order valence-corrected chi connectivity index (χ1v) is 6.73. The Balaban J connectivity index is 2.21. The molecule has 0 saturated heterocycles. The number of nitrogens with zero attached hydrogens (tertiary/aromatic N) is 1. The number of nitro groups is 1. The van der Waals surface area contributed by atoms with E-state index in [0.29, 0.717) is 12.2 Å². The number of nitrogens with one attached hydrogen (secondary N) is 1. The predicted octanol–water partition coefficient (Wildman–Crippen LogP) is 3.29. The molecule has 0 aromatic heterocycles. The topological polar surface area (TPSA) is 92.5 Å². The Morgan fingerprint density at radius 2 is 2.20 bits per heavy atom. The van der Waals surface area contributed by atoms with E-state index >= 15 is 0 Å². The van der Waals surface area contributed by atoms with Crippen LogP contribution in [0.25, 0.3) is 0 Å². The van der Waals surface area contributed by atoms with Gasteiger partial charge in [0.05, 0.1) is 16.2 Å². The summed E-state index contributed by atoms with van der Waals surface area (Å²) in [7, 11) is 0. The van der Waals surface area contributed by atoms with Crippen molar-refractivity contribution in [3.05, 3.63) is 33.9 Å². The largest absolute Gasteiger partial charge is 0.478 e. The first kappa shape index (κ1) is 14.3. The highest BCUT2D eigenvalue weighted by atomic mass is 16.6. The van der Waals surface area contributed by atoms with Crippen LogP contribution in [0.5, 0.6) is 0 Å². The van der Waals surface area contributed by atoms with Gasteiger partial charge in [0, 0.05) is 18.7 Å². The number of non-ortho nitro benzene ring substituents is 1. The number of carboxylic acid groups (broad SMARTS) is 1. The molecular formula is C14H18N2O4. The van der Waals surface area contributed by atoms with Crippen LogP contribution in [0.15, 0.2) is 18.2 Å². The molecule has 1 aliphatic carbocycles. The van der Waals surface area contributed by atoms with Gasteiger partial charge in [0.15, 0.2) is 0 Å². The molecule has 2 rings (SSSR count). The molecule has 0 bridgehead atoms. The summed E-state index contributed by atoms with van der Waals surface area (Å²) in [6.07, 6.45) is 4.45. The second-order valence-electron chi connectivity index (χ2n) is 5.35. The van der Waals surface area contributed by atoms with Gasteiger partial charge in [-0.05, 0) is 30.7 Å². The molecule has 6 nitrogen and oxygen atoms in total. The molecule has 0 heterocycles. The number of hydrogen-bond donors (Lipinski definition) is 2. The van der Waals surface area contributed by atoms with Crippen LogP contribution < -0.4 is 5.32 Å². The van der Waals surface area contributed by atoms with Crippen LogP contribution in [-0.2, 0) is 0 Å². The molecule has 6 heteroatoms. The average molecular weight is 278 g/mol. The Bertz CT molecular complexity index is 532. The predicted molar refractivity (Wildman–Crippen MR) is 75.1 cm³/mol. The van der Waals surface area contributed by atoms with Crippen molar-refractivity contribution in [2.45, 2.75) is 32.6 Å². The Hall–Kier alpha value is -2.11. The quantitative estimate of drug-likeness (QED) is 0.615. The van der Waals surface area contributed by atoms with Crippen molar-refractivity contribution in [1.29, 1.82) is 0 Å². The van der Waals surface area contributed by atoms with E-state index in [1.54, 1.807) is 0 Å². The van der Waals surface area contributed by atoms with Gasteiger partial charge in [-0.15, -0.1) is 0 Å². The third-order valence-corrected chi connectivity index (χ3v) is 4.26. The van der Waals surface area contributed by atoms with Gasteiger partial charge in [0.1, 0.15) is 0 Å². The number of carboxylic acids is 1. The monoisotopic (exact) mass is 278 g/mol. The standard InChI is InChI=1S/C14H18N2O4/c1-2-14(6-3-7-14)9-15-12-8-10(16(19)20)4-5-11(12)13(17)18/h4-5,8,15H,2-3,6-7,9H2,1H3,(H,17,18). The van der Waals surface area contributed by atoms with Gasteiger partial charge in [-0.1, -0.05) is 13.3 Å². The maximum absolute atomic E-state index is 11.2. The van der Waals surface area contributed by atoms with Crippen molar-refractivity contribution in [1.82, 2.24) is 0 Å². The SMILES string of the molecule is CCC1(CNc2cc([N+](=O)[O-])ccc2C(=O)O)CCC1. The van der Waals surface area contributed by atoms with E-state index in [1.165, 1.54) is 24.6 Å². The van der Waals surface area contributed by atoms with Crippen LogP contribution in [-0.4, -0.2) is 22.5 Å². The maximum Gasteiger partial charge on any atom is 0.337 e. The van der Waals surface area contributed by atoms with Gasteiger partial charge in [-0.25, -0.2) is 4.79 Å². The van der Waals surface area contributed by atoms with Gasteiger partial charge in [0.25, 0.3) is 5.69 Å². The summed E-state index contributed by atoms with van der Waals surface area (Å²) in [6.45, 7) is 2.78. The molecule has 108 valence electrons. The molecule has 1 aromatic rings. The van der Waals surface area contributed by atoms with Crippen LogP contribution in [0.1, 0.15) is 43.0 Å². The summed E-state index contributed by atoms with van der Waals surface area (Å²) < 4.78 is 0. The lowest BCUT2D eigenvalue weighted by molar-refractivity contribution is -0.384. The molecule has 1 aromatic carbocycles. The third kappa shape index (κ3) is 2.74. The highest BCUT2D eigenvalue weighted by molar-refractivity contribution is 5.94. The molecule has 1 fully saturated rings. The Morgan fingerprint density at radius 3 is 2.65 bits per heavy atom. The molecule has 0 atom stereocenters. The number of rotatable bonds is 6. The van der Waals surface area contributed by atoms with Crippen molar-refractivity contribution >= 4 is 17.3 Å². The second kappa shape index (κ2) is 5.48. The lowest BCUT2D eigenvalue weighted by Crippen LogP contribution is -2.36. The zero-order valence-electron chi connectivity index (χ0n) is 11.4. The summed E-state index contributed by atoms with van der Waals surface area (Å²) in [5.41, 5.74) is 0.504. The molecule has 0 spiro atoms. The fourth-order valence-corrected chi connectivity index (χ4v) is 2.59. The minimum absolute atomic E-state index is 0.0705. The summed E-state index contributed by atoms with van der Waals surface area (Å²) in [5, 5.41) is 23.0. The number of nitro benzene ring substituents is 1.